The quantitative estimate of drug-likeness (QED) is 0.884. The van der Waals surface area contributed by atoms with E-state index in [4.69, 9.17) is 5.73 Å². The molecule has 0 fully saturated rings. The SMILES string of the molecule is CCC(N)C(c1ccccn1)N(C)Cc1ccccc1C. The van der Waals surface area contributed by atoms with E-state index in [1.54, 1.807) is 0 Å². The highest BCUT2D eigenvalue weighted by atomic mass is 15.2. The summed E-state index contributed by atoms with van der Waals surface area (Å²) < 4.78 is 0. The van der Waals surface area contributed by atoms with Gasteiger partial charge in [-0.15, -0.1) is 0 Å². The lowest BCUT2D eigenvalue weighted by Crippen LogP contribution is -2.39. The highest BCUT2D eigenvalue weighted by molar-refractivity contribution is 5.25. The monoisotopic (exact) mass is 283 g/mol. The Labute approximate surface area is 127 Å². The van der Waals surface area contributed by atoms with Gasteiger partial charge in [0.1, 0.15) is 0 Å². The zero-order chi connectivity index (χ0) is 15.2. The van der Waals surface area contributed by atoms with Crippen LogP contribution in [0.1, 0.15) is 36.2 Å². The molecule has 3 nitrogen and oxygen atoms in total. The van der Waals surface area contributed by atoms with Crippen LogP contribution in [0.4, 0.5) is 0 Å². The summed E-state index contributed by atoms with van der Waals surface area (Å²) in [7, 11) is 2.13. The molecule has 0 radical (unpaired) electrons. The Morgan fingerprint density at radius 3 is 2.48 bits per heavy atom. The third-order valence-corrected chi connectivity index (χ3v) is 4.02. The number of likely N-dealkylation sites (N-methyl/N-ethyl adjacent to an activating group) is 1. The summed E-state index contributed by atoms with van der Waals surface area (Å²) in [6, 6.07) is 14.7. The van der Waals surface area contributed by atoms with Crippen molar-refractivity contribution >= 4 is 0 Å². The zero-order valence-electron chi connectivity index (χ0n) is 13.2. The van der Waals surface area contributed by atoms with Crippen LogP contribution in [0.15, 0.2) is 48.7 Å². The molecule has 0 aliphatic heterocycles. The predicted octanol–water partition coefficient (Wildman–Crippen LogP) is 3.30. The van der Waals surface area contributed by atoms with E-state index < -0.39 is 0 Å². The fourth-order valence-electron chi connectivity index (χ4n) is 2.70. The molecular weight excluding hydrogens is 258 g/mol. The maximum atomic E-state index is 6.36. The zero-order valence-corrected chi connectivity index (χ0v) is 13.2. The second kappa shape index (κ2) is 7.34. The first-order chi connectivity index (χ1) is 10.1. The molecule has 2 N–H and O–H groups in total. The van der Waals surface area contributed by atoms with Gasteiger partial charge in [-0.1, -0.05) is 37.3 Å². The largest absolute Gasteiger partial charge is 0.326 e. The van der Waals surface area contributed by atoms with Gasteiger partial charge in [0.25, 0.3) is 0 Å². The number of hydrogen-bond donors (Lipinski definition) is 1. The van der Waals surface area contributed by atoms with Crippen LogP contribution < -0.4 is 5.73 Å². The molecule has 0 aliphatic rings. The van der Waals surface area contributed by atoms with Crippen LogP contribution in [0.5, 0.6) is 0 Å². The molecule has 2 aromatic rings. The van der Waals surface area contributed by atoms with Gasteiger partial charge < -0.3 is 5.73 Å². The molecule has 1 aromatic carbocycles. The minimum Gasteiger partial charge on any atom is -0.326 e. The Kier molecular flexibility index (Phi) is 5.48. The smallest absolute Gasteiger partial charge is 0.0673 e. The average Bonchev–Trinajstić information content (AvgIpc) is 2.50. The summed E-state index contributed by atoms with van der Waals surface area (Å²) in [6.07, 6.45) is 2.77. The van der Waals surface area contributed by atoms with Gasteiger partial charge in [-0.2, -0.15) is 0 Å². The molecule has 21 heavy (non-hydrogen) atoms. The third-order valence-electron chi connectivity index (χ3n) is 4.02. The maximum Gasteiger partial charge on any atom is 0.0673 e. The van der Waals surface area contributed by atoms with Crippen molar-refractivity contribution in [3.63, 3.8) is 0 Å². The first-order valence-corrected chi connectivity index (χ1v) is 7.54. The minimum absolute atomic E-state index is 0.0777. The van der Waals surface area contributed by atoms with Crippen molar-refractivity contribution in [2.45, 2.75) is 38.9 Å². The van der Waals surface area contributed by atoms with Crippen LogP contribution in [0.2, 0.25) is 0 Å². The first kappa shape index (κ1) is 15.7. The summed E-state index contributed by atoms with van der Waals surface area (Å²) in [6.45, 7) is 5.16. The van der Waals surface area contributed by atoms with Gasteiger partial charge in [-0.3, -0.25) is 9.88 Å². The molecule has 0 amide bonds. The van der Waals surface area contributed by atoms with Crippen molar-refractivity contribution in [2.24, 2.45) is 5.73 Å². The minimum atomic E-state index is 0.0777. The number of aryl methyl sites for hydroxylation is 1. The number of nitrogens with zero attached hydrogens (tertiary/aromatic N) is 2. The highest BCUT2D eigenvalue weighted by Crippen LogP contribution is 2.24. The van der Waals surface area contributed by atoms with Crippen LogP contribution in [0.3, 0.4) is 0 Å². The Morgan fingerprint density at radius 1 is 1.14 bits per heavy atom. The van der Waals surface area contributed by atoms with Crippen LogP contribution in [0, 0.1) is 6.92 Å². The summed E-state index contributed by atoms with van der Waals surface area (Å²) in [4.78, 5) is 6.82. The van der Waals surface area contributed by atoms with Crippen molar-refractivity contribution in [1.29, 1.82) is 0 Å². The summed E-state index contributed by atoms with van der Waals surface area (Å²) in [5.74, 6) is 0. The second-order valence-corrected chi connectivity index (χ2v) is 5.61. The van der Waals surface area contributed by atoms with Gasteiger partial charge in [0.15, 0.2) is 0 Å². The van der Waals surface area contributed by atoms with Gasteiger partial charge in [0.05, 0.1) is 11.7 Å². The number of pyridine rings is 1. The molecule has 1 heterocycles. The normalized spacial score (nSPS) is 14.1. The number of benzene rings is 1. The average molecular weight is 283 g/mol. The van der Waals surface area contributed by atoms with Crippen LogP contribution in [0.25, 0.3) is 0 Å². The lowest BCUT2D eigenvalue weighted by Gasteiger charge is -2.32. The lowest BCUT2D eigenvalue weighted by atomic mass is 9.99. The molecule has 1 aromatic heterocycles. The molecule has 0 aliphatic carbocycles. The fraction of sp³-hybridized carbons (Fsp3) is 0.389. The summed E-state index contributed by atoms with van der Waals surface area (Å²) >= 11 is 0. The van der Waals surface area contributed by atoms with Crippen molar-refractivity contribution in [3.05, 3.63) is 65.5 Å². The third kappa shape index (κ3) is 3.90. The maximum absolute atomic E-state index is 6.36. The number of hydrogen-bond acceptors (Lipinski definition) is 3. The van der Waals surface area contributed by atoms with Gasteiger partial charge in [0.2, 0.25) is 0 Å². The van der Waals surface area contributed by atoms with Crippen molar-refractivity contribution in [1.82, 2.24) is 9.88 Å². The van der Waals surface area contributed by atoms with E-state index >= 15 is 0 Å². The summed E-state index contributed by atoms with van der Waals surface area (Å²) in [5, 5.41) is 0. The van der Waals surface area contributed by atoms with Crippen LogP contribution >= 0.6 is 0 Å². The van der Waals surface area contributed by atoms with Crippen LogP contribution in [-0.2, 0) is 6.54 Å². The predicted molar refractivity (Wildman–Crippen MR) is 87.9 cm³/mol. The number of nitrogens with two attached hydrogens (primary N) is 1. The Morgan fingerprint density at radius 2 is 1.86 bits per heavy atom. The van der Waals surface area contributed by atoms with E-state index in [0.29, 0.717) is 0 Å². The molecule has 0 spiro atoms. The van der Waals surface area contributed by atoms with E-state index in [1.807, 2.05) is 18.3 Å². The van der Waals surface area contributed by atoms with Crippen molar-refractivity contribution < 1.29 is 0 Å². The standard InChI is InChI=1S/C18H25N3/c1-4-16(19)18(17-11-7-8-12-20-17)21(3)13-15-10-6-5-9-14(15)2/h5-12,16,18H,4,13,19H2,1-3H3. The Bertz CT molecular complexity index is 553. The molecule has 0 saturated heterocycles. The molecule has 2 unspecified atom stereocenters. The van der Waals surface area contributed by atoms with E-state index in [1.165, 1.54) is 11.1 Å². The van der Waals surface area contributed by atoms with Crippen molar-refractivity contribution in [2.75, 3.05) is 7.05 Å². The molecule has 0 saturated carbocycles. The highest BCUT2D eigenvalue weighted by Gasteiger charge is 2.24. The molecule has 2 rings (SSSR count). The molecule has 0 bridgehead atoms. The van der Waals surface area contributed by atoms with Gasteiger partial charge in [-0.25, -0.2) is 0 Å². The van der Waals surface area contributed by atoms with E-state index in [9.17, 15) is 0 Å². The topological polar surface area (TPSA) is 42.1 Å². The summed E-state index contributed by atoms with van der Waals surface area (Å²) in [5.41, 5.74) is 10.1. The second-order valence-electron chi connectivity index (χ2n) is 5.61. The Hall–Kier alpha value is -1.71. The Balaban J connectivity index is 2.23. The van der Waals surface area contributed by atoms with Crippen LogP contribution in [-0.4, -0.2) is 23.0 Å². The number of aromatic nitrogens is 1. The van der Waals surface area contributed by atoms with Gasteiger partial charge >= 0.3 is 0 Å². The van der Waals surface area contributed by atoms with Crippen molar-refractivity contribution in [3.8, 4) is 0 Å². The number of rotatable bonds is 6. The molecule has 112 valence electrons. The van der Waals surface area contributed by atoms with E-state index in [0.717, 1.165) is 18.7 Å². The van der Waals surface area contributed by atoms with Gasteiger partial charge in [-0.05, 0) is 43.7 Å². The fourth-order valence-corrected chi connectivity index (χ4v) is 2.70. The van der Waals surface area contributed by atoms with E-state index in [2.05, 4.69) is 61.1 Å². The molecule has 2 atom stereocenters. The molecule has 3 heteroatoms. The first-order valence-electron chi connectivity index (χ1n) is 7.54. The van der Waals surface area contributed by atoms with Gasteiger partial charge in [0, 0.05) is 18.8 Å². The van der Waals surface area contributed by atoms with E-state index in [-0.39, 0.29) is 12.1 Å². The lowest BCUT2D eigenvalue weighted by molar-refractivity contribution is 0.197. The molecular formula is C18H25N3.